The van der Waals surface area contributed by atoms with Crippen molar-refractivity contribution in [2.45, 2.75) is 26.2 Å². The van der Waals surface area contributed by atoms with E-state index < -0.39 is 0 Å². The summed E-state index contributed by atoms with van der Waals surface area (Å²) in [4.78, 5) is 18.4. The molecule has 118 valence electrons. The number of aromatic nitrogens is 1. The molecule has 0 unspecified atom stereocenters. The second-order valence-electron chi connectivity index (χ2n) is 5.51. The Bertz CT molecular complexity index is 796. The molecule has 2 heterocycles. The summed E-state index contributed by atoms with van der Waals surface area (Å²) in [5.74, 6) is -0.0162. The van der Waals surface area contributed by atoms with E-state index in [1.165, 1.54) is 0 Å². The molecule has 0 saturated carbocycles. The number of hydrogen-bond donors (Lipinski definition) is 1. The van der Waals surface area contributed by atoms with E-state index in [4.69, 9.17) is 4.98 Å². The molecule has 1 amide bonds. The van der Waals surface area contributed by atoms with Crippen LogP contribution in [0.2, 0.25) is 0 Å². The van der Waals surface area contributed by atoms with E-state index in [9.17, 15) is 4.79 Å². The number of carbonyl (C=O) groups is 1. The number of pyridine rings is 1. The number of nitrogens with one attached hydrogen (secondary N) is 1. The van der Waals surface area contributed by atoms with Gasteiger partial charge in [0.1, 0.15) is 0 Å². The molecule has 3 rings (SSSR count). The number of hydrogen-bond acceptors (Lipinski definition) is 3. The molecule has 1 aromatic carbocycles. The normalized spacial score (nSPS) is 10.8. The number of fused-ring (bicyclic) bond motifs is 1. The summed E-state index contributed by atoms with van der Waals surface area (Å²) in [6, 6.07) is 13.8. The predicted octanol–water partition coefficient (Wildman–Crippen LogP) is 4.88. The number of carbonyl (C=O) groups excluding carboxylic acids is 1. The molecule has 1 N–H and O–H groups in total. The largest absolute Gasteiger partial charge is 0.352 e. The Morgan fingerprint density at radius 1 is 1.17 bits per heavy atom. The Hall–Kier alpha value is -2.20. The van der Waals surface area contributed by atoms with Gasteiger partial charge in [0.25, 0.3) is 5.91 Å². The lowest BCUT2D eigenvalue weighted by Crippen LogP contribution is -2.24. The van der Waals surface area contributed by atoms with Crippen LogP contribution in [0.1, 0.15) is 36.5 Å². The average Bonchev–Trinajstić information content (AvgIpc) is 3.12. The fourth-order valence-corrected chi connectivity index (χ4v) is 3.27. The van der Waals surface area contributed by atoms with Gasteiger partial charge in [0.2, 0.25) is 0 Å². The molecule has 3 aromatic rings. The maximum Gasteiger partial charge on any atom is 0.252 e. The quantitative estimate of drug-likeness (QED) is 0.656. The first-order valence-corrected chi connectivity index (χ1v) is 8.89. The Kier molecular flexibility index (Phi) is 5.03. The Balaban J connectivity index is 1.95. The van der Waals surface area contributed by atoms with Crippen molar-refractivity contribution in [3.8, 4) is 10.6 Å². The van der Waals surface area contributed by atoms with Gasteiger partial charge in [-0.25, -0.2) is 4.98 Å². The smallest absolute Gasteiger partial charge is 0.252 e. The van der Waals surface area contributed by atoms with E-state index in [-0.39, 0.29) is 5.91 Å². The van der Waals surface area contributed by atoms with Crippen molar-refractivity contribution in [1.82, 2.24) is 10.3 Å². The van der Waals surface area contributed by atoms with Crippen LogP contribution >= 0.6 is 11.3 Å². The van der Waals surface area contributed by atoms with E-state index in [1.54, 1.807) is 11.3 Å². The zero-order valence-corrected chi connectivity index (χ0v) is 14.0. The number of nitrogens with zero attached hydrogens (tertiary/aromatic N) is 1. The highest BCUT2D eigenvalue weighted by Crippen LogP contribution is 2.27. The first kappa shape index (κ1) is 15.7. The predicted molar refractivity (Wildman–Crippen MR) is 96.9 cm³/mol. The number of unbranched alkanes of at least 4 members (excludes halogenated alkanes) is 2. The molecule has 2 aromatic heterocycles. The fraction of sp³-hybridized carbons (Fsp3) is 0.263. The summed E-state index contributed by atoms with van der Waals surface area (Å²) in [7, 11) is 0. The summed E-state index contributed by atoms with van der Waals surface area (Å²) in [5, 5.41) is 5.96. The third kappa shape index (κ3) is 3.59. The number of para-hydroxylation sites is 1. The average molecular weight is 324 g/mol. The van der Waals surface area contributed by atoms with Crippen LogP contribution in [-0.4, -0.2) is 17.4 Å². The number of thiophene rings is 1. The lowest BCUT2D eigenvalue weighted by Gasteiger charge is -2.10. The van der Waals surface area contributed by atoms with Crippen LogP contribution < -0.4 is 5.32 Å². The van der Waals surface area contributed by atoms with Crippen molar-refractivity contribution in [2.24, 2.45) is 0 Å². The van der Waals surface area contributed by atoms with Gasteiger partial charge in [0, 0.05) is 11.9 Å². The highest BCUT2D eigenvalue weighted by atomic mass is 32.1. The summed E-state index contributed by atoms with van der Waals surface area (Å²) >= 11 is 1.64. The van der Waals surface area contributed by atoms with E-state index >= 15 is 0 Å². The molecular weight excluding hydrogens is 304 g/mol. The molecule has 0 radical (unpaired) electrons. The monoisotopic (exact) mass is 324 g/mol. The van der Waals surface area contributed by atoms with E-state index in [0.717, 1.165) is 47.3 Å². The van der Waals surface area contributed by atoms with E-state index in [2.05, 4.69) is 12.2 Å². The van der Waals surface area contributed by atoms with Crippen LogP contribution in [0.5, 0.6) is 0 Å². The maximum absolute atomic E-state index is 12.6. The van der Waals surface area contributed by atoms with Gasteiger partial charge >= 0.3 is 0 Å². The third-order valence-corrected chi connectivity index (χ3v) is 4.69. The Morgan fingerprint density at radius 2 is 2.04 bits per heavy atom. The minimum Gasteiger partial charge on any atom is -0.352 e. The van der Waals surface area contributed by atoms with Gasteiger partial charge in [-0.2, -0.15) is 0 Å². The topological polar surface area (TPSA) is 42.0 Å². The molecule has 0 bridgehead atoms. The molecule has 0 saturated heterocycles. The minimum atomic E-state index is -0.0162. The van der Waals surface area contributed by atoms with Crippen molar-refractivity contribution in [2.75, 3.05) is 6.54 Å². The van der Waals surface area contributed by atoms with Crippen molar-refractivity contribution >= 4 is 28.1 Å². The Morgan fingerprint density at radius 3 is 2.83 bits per heavy atom. The zero-order chi connectivity index (χ0) is 16.1. The molecular formula is C19H20N2OS. The molecule has 4 heteroatoms. The maximum atomic E-state index is 12.6. The highest BCUT2D eigenvalue weighted by molar-refractivity contribution is 7.13. The van der Waals surface area contributed by atoms with Gasteiger partial charge in [-0.3, -0.25) is 4.79 Å². The molecule has 23 heavy (non-hydrogen) atoms. The van der Waals surface area contributed by atoms with Gasteiger partial charge in [-0.15, -0.1) is 11.3 Å². The van der Waals surface area contributed by atoms with Crippen LogP contribution in [-0.2, 0) is 0 Å². The van der Waals surface area contributed by atoms with Crippen molar-refractivity contribution < 1.29 is 4.79 Å². The molecule has 0 fully saturated rings. The second kappa shape index (κ2) is 7.38. The first-order valence-electron chi connectivity index (χ1n) is 8.01. The molecule has 0 aliphatic rings. The van der Waals surface area contributed by atoms with Crippen molar-refractivity contribution in [1.29, 1.82) is 0 Å². The summed E-state index contributed by atoms with van der Waals surface area (Å²) < 4.78 is 0. The first-order chi connectivity index (χ1) is 11.3. The molecule has 0 aliphatic carbocycles. The van der Waals surface area contributed by atoms with Gasteiger partial charge in [-0.05, 0) is 30.0 Å². The lowest BCUT2D eigenvalue weighted by atomic mass is 10.1. The summed E-state index contributed by atoms with van der Waals surface area (Å²) in [6.45, 7) is 2.88. The molecule has 3 nitrogen and oxygen atoms in total. The van der Waals surface area contributed by atoms with Crippen LogP contribution in [0.15, 0.2) is 47.8 Å². The van der Waals surface area contributed by atoms with Gasteiger partial charge < -0.3 is 5.32 Å². The van der Waals surface area contributed by atoms with Gasteiger partial charge in [0.15, 0.2) is 0 Å². The molecule has 0 atom stereocenters. The number of rotatable bonds is 6. The van der Waals surface area contributed by atoms with E-state index in [1.807, 2.05) is 47.8 Å². The highest BCUT2D eigenvalue weighted by Gasteiger charge is 2.13. The van der Waals surface area contributed by atoms with Crippen molar-refractivity contribution in [3.63, 3.8) is 0 Å². The third-order valence-electron chi connectivity index (χ3n) is 3.80. The van der Waals surface area contributed by atoms with Gasteiger partial charge in [0.05, 0.1) is 21.7 Å². The SMILES string of the molecule is CCCCCNC(=O)c1cc(-c2cccs2)nc2ccccc12. The van der Waals surface area contributed by atoms with Crippen LogP contribution in [0.25, 0.3) is 21.5 Å². The standard InChI is InChI=1S/C19H20N2OS/c1-2-3-6-11-20-19(22)15-13-17(18-10-7-12-23-18)21-16-9-5-4-8-14(15)16/h4-5,7-10,12-13H,2-3,6,11H2,1H3,(H,20,22). The number of amides is 1. The summed E-state index contributed by atoms with van der Waals surface area (Å²) in [6.07, 6.45) is 3.30. The van der Waals surface area contributed by atoms with Crippen LogP contribution in [0.4, 0.5) is 0 Å². The Labute approximate surface area is 140 Å². The minimum absolute atomic E-state index is 0.0162. The van der Waals surface area contributed by atoms with Crippen LogP contribution in [0.3, 0.4) is 0 Å². The number of benzene rings is 1. The van der Waals surface area contributed by atoms with E-state index in [0.29, 0.717) is 5.56 Å². The van der Waals surface area contributed by atoms with Gasteiger partial charge in [-0.1, -0.05) is 44.0 Å². The lowest BCUT2D eigenvalue weighted by molar-refractivity contribution is 0.0954. The summed E-state index contributed by atoms with van der Waals surface area (Å²) in [5.41, 5.74) is 2.42. The zero-order valence-electron chi connectivity index (χ0n) is 13.2. The molecule has 0 spiro atoms. The second-order valence-corrected chi connectivity index (χ2v) is 6.46. The van der Waals surface area contributed by atoms with Crippen molar-refractivity contribution in [3.05, 3.63) is 53.4 Å². The molecule has 0 aliphatic heterocycles. The fourth-order valence-electron chi connectivity index (χ4n) is 2.59. The van der Waals surface area contributed by atoms with Crippen LogP contribution in [0, 0.1) is 0 Å².